The van der Waals surface area contributed by atoms with E-state index in [1.807, 2.05) is 17.8 Å². The standard InChI is InChI=1S/C7H3F11O5S.C6H11N2/c1-2(8)22-5(13,14)3(9,4(10,11)12)23-6(15,16)7(17,18)24(19,20)21;1-3-8-5-4-7(2)6-8/h1H2,(H,19,20,21);4-6H,3H2,1-2H3/q;+1. The average Bonchev–Trinajstić information content (AvgIpc) is 2.97. The summed E-state index contributed by atoms with van der Waals surface area (Å²) in [6.45, 7) is 4.97. The third-order valence-corrected chi connectivity index (χ3v) is 3.98. The lowest BCUT2D eigenvalue weighted by Gasteiger charge is -2.36. The normalized spacial score (nSPS) is 15.4. The molecule has 0 aliphatic carbocycles. The van der Waals surface area contributed by atoms with Crippen molar-refractivity contribution in [1.82, 2.24) is 4.57 Å². The van der Waals surface area contributed by atoms with Gasteiger partial charge in [0.1, 0.15) is 12.4 Å². The summed E-state index contributed by atoms with van der Waals surface area (Å²) in [7, 11) is -5.25. The van der Waals surface area contributed by atoms with Crippen LogP contribution in [0.2, 0.25) is 0 Å². The first-order valence-electron chi connectivity index (χ1n) is 7.56. The van der Waals surface area contributed by atoms with Crippen molar-refractivity contribution in [2.75, 3.05) is 0 Å². The summed E-state index contributed by atoms with van der Waals surface area (Å²) in [6.07, 6.45) is -15.1. The van der Waals surface area contributed by atoms with Crippen molar-refractivity contribution in [3.63, 3.8) is 0 Å². The van der Waals surface area contributed by atoms with E-state index in [0.29, 0.717) is 0 Å². The molecule has 1 aromatic heterocycles. The van der Waals surface area contributed by atoms with Gasteiger partial charge in [-0.1, -0.05) is 0 Å². The van der Waals surface area contributed by atoms with Gasteiger partial charge in [-0.3, -0.25) is 9.29 Å². The molecule has 0 amide bonds. The van der Waals surface area contributed by atoms with Crippen molar-refractivity contribution >= 4 is 10.1 Å². The fourth-order valence-electron chi connectivity index (χ4n) is 1.56. The van der Waals surface area contributed by atoms with Gasteiger partial charge in [0.05, 0.1) is 13.6 Å². The molecule has 1 rings (SSSR count). The molecule has 0 spiro atoms. The Morgan fingerprint density at radius 3 is 1.78 bits per heavy atom. The molecule has 1 heterocycles. The van der Waals surface area contributed by atoms with Gasteiger partial charge in [0.25, 0.3) is 6.01 Å². The van der Waals surface area contributed by atoms with Crippen LogP contribution >= 0.6 is 0 Å². The molecule has 32 heavy (non-hydrogen) atoms. The molecule has 1 aromatic rings. The van der Waals surface area contributed by atoms with Gasteiger partial charge >= 0.3 is 39.6 Å². The van der Waals surface area contributed by atoms with Crippen molar-refractivity contribution in [3.8, 4) is 0 Å². The molecule has 0 aromatic carbocycles. The van der Waals surface area contributed by atoms with E-state index >= 15 is 0 Å². The monoisotopic (exact) mass is 519 g/mol. The number of aryl methyl sites for hydroxylation is 2. The van der Waals surface area contributed by atoms with Gasteiger partial charge in [-0.15, -0.1) is 0 Å². The van der Waals surface area contributed by atoms with E-state index < -0.39 is 45.6 Å². The zero-order valence-corrected chi connectivity index (χ0v) is 16.5. The van der Waals surface area contributed by atoms with Crippen LogP contribution in [0.5, 0.6) is 0 Å². The minimum Gasteiger partial charge on any atom is -0.402 e. The summed E-state index contributed by atoms with van der Waals surface area (Å²) in [5.41, 5.74) is 0. The predicted octanol–water partition coefficient (Wildman–Crippen LogP) is 3.69. The summed E-state index contributed by atoms with van der Waals surface area (Å²) in [5.74, 6) is -7.19. The van der Waals surface area contributed by atoms with Crippen LogP contribution in [0.15, 0.2) is 31.3 Å². The third-order valence-electron chi connectivity index (χ3n) is 3.10. The molecule has 0 bridgehead atoms. The molecule has 1 unspecified atom stereocenters. The van der Waals surface area contributed by atoms with E-state index in [-0.39, 0.29) is 0 Å². The number of rotatable bonds is 8. The van der Waals surface area contributed by atoms with Gasteiger partial charge in [0.2, 0.25) is 6.33 Å². The highest BCUT2D eigenvalue weighted by molar-refractivity contribution is 7.86. The van der Waals surface area contributed by atoms with E-state index in [1.165, 1.54) is 0 Å². The molecule has 7 nitrogen and oxygen atoms in total. The maximum Gasteiger partial charge on any atom is 0.471 e. The number of aromatic nitrogens is 2. The van der Waals surface area contributed by atoms with Crippen LogP contribution in [0.3, 0.4) is 0 Å². The fourth-order valence-corrected chi connectivity index (χ4v) is 1.90. The number of hydrogen-bond donors (Lipinski definition) is 1. The molecule has 0 saturated heterocycles. The zero-order chi connectivity index (χ0) is 26.0. The highest BCUT2D eigenvalue weighted by Crippen LogP contribution is 2.53. The van der Waals surface area contributed by atoms with Crippen LogP contribution in [0, 0.1) is 0 Å². The van der Waals surface area contributed by atoms with Crippen LogP contribution in [0.4, 0.5) is 48.3 Å². The lowest BCUT2D eigenvalue weighted by Crippen LogP contribution is -2.64. The highest BCUT2D eigenvalue weighted by Gasteiger charge is 2.82. The van der Waals surface area contributed by atoms with Crippen LogP contribution < -0.4 is 4.57 Å². The molecule has 0 aliphatic heterocycles. The van der Waals surface area contributed by atoms with E-state index in [1.54, 1.807) is 11.3 Å². The molecule has 0 fully saturated rings. The van der Waals surface area contributed by atoms with Crippen molar-refractivity contribution < 1.29 is 75.3 Å². The average molecular weight is 519 g/mol. The molecule has 19 heteroatoms. The second-order valence-electron chi connectivity index (χ2n) is 5.59. The second kappa shape index (κ2) is 9.38. The summed E-state index contributed by atoms with van der Waals surface area (Å²) < 4.78 is 175. The van der Waals surface area contributed by atoms with E-state index in [4.69, 9.17) is 4.55 Å². The topological polar surface area (TPSA) is 81.6 Å². The van der Waals surface area contributed by atoms with Crippen molar-refractivity contribution in [2.24, 2.45) is 7.05 Å². The minimum absolute atomic E-state index is 1.06. The number of hydrogen-bond acceptors (Lipinski definition) is 4. The Hall–Kier alpha value is -2.15. The molecule has 0 saturated carbocycles. The van der Waals surface area contributed by atoms with Crippen LogP contribution in [0.1, 0.15) is 6.92 Å². The maximum absolute atomic E-state index is 13.3. The Balaban J connectivity index is 0.000000995. The van der Waals surface area contributed by atoms with Gasteiger partial charge in [-0.25, -0.2) is 9.13 Å². The molecule has 1 N–H and O–H groups in total. The smallest absolute Gasteiger partial charge is 0.402 e. The Bertz CT molecular complexity index is 900. The number of nitrogens with zero attached hydrogens (tertiary/aromatic N) is 2. The zero-order valence-electron chi connectivity index (χ0n) is 15.7. The number of imidazole rings is 1. The Kier molecular flexibility index (Phi) is 8.75. The fraction of sp³-hybridized carbons (Fsp3) is 0.615. The van der Waals surface area contributed by atoms with E-state index in [2.05, 4.69) is 28.8 Å². The first kappa shape index (κ1) is 29.8. The molecule has 1 atom stereocenters. The summed E-state index contributed by atoms with van der Waals surface area (Å²) in [4.78, 5) is 0. The lowest BCUT2D eigenvalue weighted by atomic mass is 10.2. The predicted molar refractivity (Wildman–Crippen MR) is 80.0 cm³/mol. The van der Waals surface area contributed by atoms with Gasteiger partial charge < -0.3 is 4.74 Å². The SMILES string of the molecule is C=C(F)OC(F)(F)C(F)(OC(F)(F)C(F)(F)S(=O)(=O)O)C(F)(F)F.CCn1cc[n+](C)c1. The van der Waals surface area contributed by atoms with E-state index in [0.717, 1.165) is 6.54 Å². The quantitative estimate of drug-likeness (QED) is 0.245. The second-order valence-corrected chi connectivity index (χ2v) is 7.05. The Morgan fingerprint density at radius 2 is 1.53 bits per heavy atom. The third kappa shape index (κ3) is 6.44. The van der Waals surface area contributed by atoms with Crippen molar-refractivity contribution in [2.45, 2.75) is 43.0 Å². The van der Waals surface area contributed by atoms with Crippen molar-refractivity contribution in [3.05, 3.63) is 31.3 Å². The number of ether oxygens (including phenoxy) is 2. The van der Waals surface area contributed by atoms with Gasteiger partial charge in [0, 0.05) is 0 Å². The largest absolute Gasteiger partial charge is 0.471 e. The number of alkyl halides is 10. The first-order valence-corrected chi connectivity index (χ1v) is 9.00. The molecular weight excluding hydrogens is 505 g/mol. The minimum atomic E-state index is -7.29. The van der Waals surface area contributed by atoms with Crippen molar-refractivity contribution in [1.29, 1.82) is 0 Å². The van der Waals surface area contributed by atoms with Crippen LogP contribution in [-0.2, 0) is 33.2 Å². The summed E-state index contributed by atoms with van der Waals surface area (Å²) in [6, 6.07) is -2.88. The number of halogens is 11. The summed E-state index contributed by atoms with van der Waals surface area (Å²) in [5, 5.41) is -7.01. The molecule has 0 aliphatic rings. The summed E-state index contributed by atoms with van der Waals surface area (Å²) >= 11 is 0. The first-order chi connectivity index (χ1) is 13.9. The lowest BCUT2D eigenvalue weighted by molar-refractivity contribution is -0.671. The Labute approximate surface area is 172 Å². The Morgan fingerprint density at radius 1 is 1.06 bits per heavy atom. The van der Waals surface area contributed by atoms with Crippen LogP contribution in [0.25, 0.3) is 0 Å². The van der Waals surface area contributed by atoms with Gasteiger partial charge in [-0.2, -0.15) is 56.7 Å². The molecule has 0 radical (unpaired) electrons. The molecular formula is C13H14F11N2O5S+. The van der Waals surface area contributed by atoms with Gasteiger partial charge in [0.15, 0.2) is 0 Å². The maximum atomic E-state index is 13.3. The van der Waals surface area contributed by atoms with Gasteiger partial charge in [-0.05, 0) is 13.5 Å². The highest BCUT2D eigenvalue weighted by atomic mass is 32.2. The molecule has 188 valence electrons. The van der Waals surface area contributed by atoms with E-state index in [9.17, 15) is 56.7 Å². The van der Waals surface area contributed by atoms with Crippen LogP contribution in [-0.4, -0.2) is 47.0 Å².